The Kier molecular flexibility index (Phi) is 4.47. The largest absolute Gasteiger partial charge is 0.350 e. The van der Waals surface area contributed by atoms with E-state index in [-0.39, 0.29) is 17.8 Å². The average Bonchev–Trinajstić information content (AvgIpc) is 2.21. The number of carbonyl (C=O) groups is 1. The first-order chi connectivity index (χ1) is 7.54. The highest BCUT2D eigenvalue weighted by atomic mass is 19.1. The summed E-state index contributed by atoms with van der Waals surface area (Å²) >= 11 is 0. The third-order valence-electron chi connectivity index (χ3n) is 2.54. The first kappa shape index (κ1) is 12.7. The summed E-state index contributed by atoms with van der Waals surface area (Å²) in [6.07, 6.45) is 1.95. The van der Waals surface area contributed by atoms with Crippen LogP contribution in [0.4, 0.5) is 4.39 Å². The van der Waals surface area contributed by atoms with Gasteiger partial charge < -0.3 is 5.32 Å². The second kappa shape index (κ2) is 5.64. The van der Waals surface area contributed by atoms with Crippen LogP contribution in [-0.4, -0.2) is 11.9 Å². The molecular weight excluding hydrogens is 205 g/mol. The fourth-order valence-corrected chi connectivity index (χ4v) is 1.65. The van der Waals surface area contributed by atoms with Gasteiger partial charge in [0.1, 0.15) is 5.82 Å². The third-order valence-corrected chi connectivity index (χ3v) is 2.54. The van der Waals surface area contributed by atoms with Crippen molar-refractivity contribution in [3.8, 4) is 0 Å². The van der Waals surface area contributed by atoms with Gasteiger partial charge in [0.15, 0.2) is 0 Å². The van der Waals surface area contributed by atoms with Crippen molar-refractivity contribution in [3.63, 3.8) is 0 Å². The highest BCUT2D eigenvalue weighted by Crippen LogP contribution is 2.10. The Morgan fingerprint density at radius 2 is 2.19 bits per heavy atom. The maximum atomic E-state index is 13.0. The number of hydrogen-bond donors (Lipinski definition) is 1. The minimum Gasteiger partial charge on any atom is -0.350 e. The molecule has 0 heterocycles. The van der Waals surface area contributed by atoms with Gasteiger partial charge in [-0.2, -0.15) is 0 Å². The highest BCUT2D eigenvalue weighted by Gasteiger charge is 2.12. The van der Waals surface area contributed by atoms with Gasteiger partial charge in [0, 0.05) is 11.6 Å². The van der Waals surface area contributed by atoms with E-state index in [0.29, 0.717) is 5.56 Å². The molecule has 88 valence electrons. The second-order valence-corrected chi connectivity index (χ2v) is 4.12. The number of rotatable bonds is 4. The molecule has 0 aromatic heterocycles. The highest BCUT2D eigenvalue weighted by molar-refractivity contribution is 5.95. The molecule has 0 aliphatic heterocycles. The molecule has 2 nitrogen and oxygen atoms in total. The maximum Gasteiger partial charge on any atom is 0.251 e. The monoisotopic (exact) mass is 223 g/mol. The maximum absolute atomic E-state index is 13.0. The van der Waals surface area contributed by atoms with Crippen molar-refractivity contribution in [2.24, 2.45) is 0 Å². The van der Waals surface area contributed by atoms with Crippen molar-refractivity contribution in [2.75, 3.05) is 0 Å². The van der Waals surface area contributed by atoms with E-state index in [2.05, 4.69) is 12.2 Å². The van der Waals surface area contributed by atoms with Gasteiger partial charge in [0.2, 0.25) is 0 Å². The van der Waals surface area contributed by atoms with Crippen LogP contribution in [0.5, 0.6) is 0 Å². The first-order valence-corrected chi connectivity index (χ1v) is 5.61. The Hall–Kier alpha value is -1.38. The summed E-state index contributed by atoms with van der Waals surface area (Å²) in [4.78, 5) is 11.8. The van der Waals surface area contributed by atoms with E-state index < -0.39 is 0 Å². The molecule has 16 heavy (non-hydrogen) atoms. The van der Waals surface area contributed by atoms with E-state index in [1.54, 1.807) is 13.0 Å². The van der Waals surface area contributed by atoms with Crippen LogP contribution in [0.25, 0.3) is 0 Å². The molecule has 1 N–H and O–H groups in total. The van der Waals surface area contributed by atoms with Crippen LogP contribution >= 0.6 is 0 Å². The van der Waals surface area contributed by atoms with E-state index in [9.17, 15) is 9.18 Å². The number of nitrogens with one attached hydrogen (secondary N) is 1. The zero-order chi connectivity index (χ0) is 12.1. The standard InChI is InChI=1S/C13H18FNO/c1-4-5-10(3)15-13(16)12-8-11(14)7-6-9(12)2/h6-8,10H,4-5H2,1-3H3,(H,15,16). The minimum atomic E-state index is -0.376. The van der Waals surface area contributed by atoms with E-state index in [1.165, 1.54) is 12.1 Å². The number of aryl methyl sites for hydroxylation is 1. The fourth-order valence-electron chi connectivity index (χ4n) is 1.65. The van der Waals surface area contributed by atoms with Gasteiger partial charge in [0.05, 0.1) is 0 Å². The minimum absolute atomic E-state index is 0.125. The summed E-state index contributed by atoms with van der Waals surface area (Å²) in [6.45, 7) is 5.82. The summed E-state index contributed by atoms with van der Waals surface area (Å²) < 4.78 is 13.0. The van der Waals surface area contributed by atoms with E-state index >= 15 is 0 Å². The SMILES string of the molecule is CCCC(C)NC(=O)c1cc(F)ccc1C. The van der Waals surface area contributed by atoms with Gasteiger partial charge in [-0.25, -0.2) is 4.39 Å². The Labute approximate surface area is 95.9 Å². The molecule has 1 atom stereocenters. The van der Waals surface area contributed by atoms with Gasteiger partial charge >= 0.3 is 0 Å². The van der Waals surface area contributed by atoms with Gasteiger partial charge in [-0.05, 0) is 38.0 Å². The third kappa shape index (κ3) is 3.33. The van der Waals surface area contributed by atoms with Crippen LogP contribution in [0.3, 0.4) is 0 Å². The van der Waals surface area contributed by atoms with Crippen molar-refractivity contribution < 1.29 is 9.18 Å². The van der Waals surface area contributed by atoms with Crippen LogP contribution in [-0.2, 0) is 0 Å². The lowest BCUT2D eigenvalue weighted by molar-refractivity contribution is 0.0937. The van der Waals surface area contributed by atoms with E-state index in [0.717, 1.165) is 18.4 Å². The normalized spacial score (nSPS) is 12.2. The molecular formula is C13H18FNO. The second-order valence-electron chi connectivity index (χ2n) is 4.12. The van der Waals surface area contributed by atoms with Gasteiger partial charge in [-0.1, -0.05) is 19.4 Å². The molecule has 0 spiro atoms. The Bertz CT molecular complexity index is 376. The number of amides is 1. The molecule has 0 fully saturated rings. The zero-order valence-electron chi connectivity index (χ0n) is 10.0. The molecule has 0 radical (unpaired) electrons. The molecule has 0 aliphatic rings. The van der Waals surface area contributed by atoms with Crippen molar-refractivity contribution in [1.82, 2.24) is 5.32 Å². The Balaban J connectivity index is 2.76. The van der Waals surface area contributed by atoms with Crippen LogP contribution < -0.4 is 5.32 Å². The lowest BCUT2D eigenvalue weighted by Gasteiger charge is -2.13. The van der Waals surface area contributed by atoms with Gasteiger partial charge in [-0.15, -0.1) is 0 Å². The van der Waals surface area contributed by atoms with E-state index in [1.807, 2.05) is 6.92 Å². The smallest absolute Gasteiger partial charge is 0.251 e. The predicted molar refractivity (Wildman–Crippen MR) is 63.0 cm³/mol. The number of hydrogen-bond acceptors (Lipinski definition) is 1. The van der Waals surface area contributed by atoms with Crippen LogP contribution in [0.2, 0.25) is 0 Å². The Morgan fingerprint density at radius 3 is 2.81 bits per heavy atom. The zero-order valence-corrected chi connectivity index (χ0v) is 10.0. The molecule has 0 saturated heterocycles. The summed E-state index contributed by atoms with van der Waals surface area (Å²) in [6, 6.07) is 4.39. The summed E-state index contributed by atoms with van der Waals surface area (Å²) in [5.74, 6) is -0.572. The number of benzene rings is 1. The van der Waals surface area contributed by atoms with E-state index in [4.69, 9.17) is 0 Å². The first-order valence-electron chi connectivity index (χ1n) is 5.61. The number of halogens is 1. The molecule has 1 unspecified atom stereocenters. The molecule has 1 rings (SSSR count). The summed E-state index contributed by atoms with van der Waals surface area (Å²) in [5, 5.41) is 2.86. The van der Waals surface area contributed by atoms with Crippen molar-refractivity contribution in [3.05, 3.63) is 35.1 Å². The topological polar surface area (TPSA) is 29.1 Å². The number of carbonyl (C=O) groups excluding carboxylic acids is 1. The molecule has 1 aromatic rings. The van der Waals surface area contributed by atoms with Crippen molar-refractivity contribution >= 4 is 5.91 Å². The fraction of sp³-hybridized carbons (Fsp3) is 0.462. The molecule has 0 saturated carbocycles. The van der Waals surface area contributed by atoms with Gasteiger partial charge in [-0.3, -0.25) is 4.79 Å². The van der Waals surface area contributed by atoms with Crippen LogP contribution in [0, 0.1) is 12.7 Å². The Morgan fingerprint density at radius 1 is 1.50 bits per heavy atom. The lowest BCUT2D eigenvalue weighted by atomic mass is 10.1. The summed E-state index contributed by atoms with van der Waals surface area (Å²) in [7, 11) is 0. The quantitative estimate of drug-likeness (QED) is 0.835. The van der Waals surface area contributed by atoms with Crippen LogP contribution in [0.15, 0.2) is 18.2 Å². The predicted octanol–water partition coefficient (Wildman–Crippen LogP) is 3.05. The lowest BCUT2D eigenvalue weighted by Crippen LogP contribution is -2.32. The average molecular weight is 223 g/mol. The molecule has 1 aromatic carbocycles. The molecule has 3 heteroatoms. The van der Waals surface area contributed by atoms with Crippen LogP contribution in [0.1, 0.15) is 42.6 Å². The molecule has 1 amide bonds. The summed E-state index contributed by atoms with van der Waals surface area (Å²) in [5.41, 5.74) is 1.21. The molecule has 0 bridgehead atoms. The molecule has 0 aliphatic carbocycles. The van der Waals surface area contributed by atoms with Gasteiger partial charge in [0.25, 0.3) is 5.91 Å². The van der Waals surface area contributed by atoms with Crippen molar-refractivity contribution in [2.45, 2.75) is 39.7 Å². The van der Waals surface area contributed by atoms with Crippen molar-refractivity contribution in [1.29, 1.82) is 0 Å².